The number of urea groups is 1. The van der Waals surface area contributed by atoms with Crippen molar-refractivity contribution in [2.45, 2.75) is 31.2 Å². The number of hydrogen-bond donors (Lipinski definition) is 2. The number of nitrogens with one attached hydrogen (secondary N) is 2. The Hall–Kier alpha value is -2.31. The Balaban J connectivity index is 1.62. The van der Waals surface area contributed by atoms with E-state index in [0.717, 1.165) is 5.76 Å². The highest BCUT2D eigenvalue weighted by Crippen LogP contribution is 2.25. The first-order valence-electron chi connectivity index (χ1n) is 7.03. The molecule has 4 amide bonds. The van der Waals surface area contributed by atoms with Crippen LogP contribution in [0.3, 0.4) is 0 Å². The molecule has 112 valence electrons. The van der Waals surface area contributed by atoms with Gasteiger partial charge in [0.05, 0.1) is 12.8 Å². The topological polar surface area (TPSA) is 91.7 Å². The fourth-order valence-corrected chi connectivity index (χ4v) is 2.93. The molecule has 0 aliphatic carbocycles. The fraction of sp³-hybridized carbons (Fsp3) is 0.500. The number of likely N-dealkylation sites (tertiary alicyclic amines) is 1. The first kappa shape index (κ1) is 13.7. The summed E-state index contributed by atoms with van der Waals surface area (Å²) in [5.41, 5.74) is -0.949. The molecule has 1 unspecified atom stereocenters. The minimum Gasteiger partial charge on any atom is -0.469 e. The summed E-state index contributed by atoms with van der Waals surface area (Å²) in [6.45, 7) is 0.851. The van der Waals surface area contributed by atoms with Gasteiger partial charge in [0.15, 0.2) is 0 Å². The zero-order valence-electron chi connectivity index (χ0n) is 11.6. The molecule has 21 heavy (non-hydrogen) atoms. The molecule has 1 atom stereocenters. The number of amides is 4. The maximum absolute atomic E-state index is 12.3. The Morgan fingerprint density at radius 3 is 2.95 bits per heavy atom. The van der Waals surface area contributed by atoms with Gasteiger partial charge in [-0.1, -0.05) is 0 Å². The second-order valence-corrected chi connectivity index (χ2v) is 5.49. The summed E-state index contributed by atoms with van der Waals surface area (Å²) in [5.74, 6) is 0.400. The summed E-state index contributed by atoms with van der Waals surface area (Å²) in [6.07, 6.45) is 3.70. The van der Waals surface area contributed by atoms with Crippen LogP contribution in [0.4, 0.5) is 4.79 Å². The van der Waals surface area contributed by atoms with Crippen molar-refractivity contribution in [1.82, 2.24) is 15.5 Å². The van der Waals surface area contributed by atoms with Crippen LogP contribution in [-0.2, 0) is 16.0 Å². The molecule has 2 fully saturated rings. The molecule has 2 aliphatic rings. The molecule has 2 aliphatic heterocycles. The number of imide groups is 1. The van der Waals surface area contributed by atoms with Crippen LogP contribution in [0, 0.1) is 0 Å². The van der Waals surface area contributed by atoms with E-state index in [-0.39, 0.29) is 18.4 Å². The highest BCUT2D eigenvalue weighted by Gasteiger charge is 2.49. The van der Waals surface area contributed by atoms with E-state index in [1.54, 1.807) is 17.2 Å². The number of rotatable bonds is 3. The average Bonchev–Trinajstić information content (AvgIpc) is 3.06. The predicted molar refractivity (Wildman–Crippen MR) is 72.2 cm³/mol. The molecule has 2 N–H and O–H groups in total. The number of furan rings is 1. The van der Waals surface area contributed by atoms with E-state index < -0.39 is 11.6 Å². The molecule has 7 nitrogen and oxygen atoms in total. The zero-order chi connectivity index (χ0) is 14.9. The Kier molecular flexibility index (Phi) is 3.40. The summed E-state index contributed by atoms with van der Waals surface area (Å²) in [4.78, 5) is 37.2. The Labute approximate surface area is 121 Å². The lowest BCUT2D eigenvalue weighted by Gasteiger charge is -2.38. The van der Waals surface area contributed by atoms with E-state index >= 15 is 0 Å². The van der Waals surface area contributed by atoms with Crippen LogP contribution in [0.1, 0.15) is 25.0 Å². The van der Waals surface area contributed by atoms with Gasteiger partial charge in [-0.2, -0.15) is 0 Å². The van der Waals surface area contributed by atoms with Crippen molar-refractivity contribution >= 4 is 17.8 Å². The smallest absolute Gasteiger partial charge is 0.322 e. The molecule has 0 aromatic carbocycles. The Morgan fingerprint density at radius 2 is 2.29 bits per heavy atom. The Morgan fingerprint density at radius 1 is 1.43 bits per heavy atom. The predicted octanol–water partition coefficient (Wildman–Crippen LogP) is 0.413. The fourth-order valence-electron chi connectivity index (χ4n) is 2.93. The number of aryl methyl sites for hydroxylation is 1. The SMILES string of the molecule is O=C1NC(=O)C2(CCCN(C(=O)CCc3ccco3)C2)N1. The standard InChI is InChI=1S/C14H17N3O4/c18-11(5-4-10-3-1-8-21-10)17-7-2-6-14(9-17)12(19)15-13(20)16-14/h1,3,8H,2,4-7,9H2,(H2,15,16,19,20). The molecule has 1 aromatic rings. The number of hydrogen-bond acceptors (Lipinski definition) is 4. The molecular weight excluding hydrogens is 274 g/mol. The second kappa shape index (κ2) is 5.23. The maximum atomic E-state index is 12.3. The van der Waals surface area contributed by atoms with E-state index in [2.05, 4.69) is 10.6 Å². The van der Waals surface area contributed by atoms with Crippen molar-refractivity contribution in [2.24, 2.45) is 0 Å². The zero-order valence-corrected chi connectivity index (χ0v) is 11.6. The maximum Gasteiger partial charge on any atom is 0.322 e. The van der Waals surface area contributed by atoms with Gasteiger partial charge < -0.3 is 14.6 Å². The summed E-state index contributed by atoms with van der Waals surface area (Å²) >= 11 is 0. The molecule has 3 heterocycles. The van der Waals surface area contributed by atoms with Crippen LogP contribution in [0.25, 0.3) is 0 Å². The van der Waals surface area contributed by atoms with Gasteiger partial charge in [-0.15, -0.1) is 0 Å². The van der Waals surface area contributed by atoms with Gasteiger partial charge in [0.2, 0.25) is 5.91 Å². The van der Waals surface area contributed by atoms with E-state index in [1.807, 2.05) is 6.07 Å². The Bertz CT molecular complexity index is 569. The molecule has 0 radical (unpaired) electrons. The van der Waals surface area contributed by atoms with Crippen molar-refractivity contribution < 1.29 is 18.8 Å². The molecular formula is C14H17N3O4. The van der Waals surface area contributed by atoms with Crippen molar-refractivity contribution in [1.29, 1.82) is 0 Å². The van der Waals surface area contributed by atoms with Crippen molar-refractivity contribution in [3.63, 3.8) is 0 Å². The van der Waals surface area contributed by atoms with Crippen LogP contribution in [0.2, 0.25) is 0 Å². The highest BCUT2D eigenvalue weighted by molar-refractivity contribution is 6.07. The first-order chi connectivity index (χ1) is 10.1. The molecule has 0 saturated carbocycles. The second-order valence-electron chi connectivity index (χ2n) is 5.49. The lowest BCUT2D eigenvalue weighted by Crippen LogP contribution is -2.59. The number of piperidine rings is 1. The van der Waals surface area contributed by atoms with Crippen LogP contribution in [0.15, 0.2) is 22.8 Å². The normalized spacial score (nSPS) is 25.0. The third-order valence-electron chi connectivity index (χ3n) is 4.02. The first-order valence-corrected chi connectivity index (χ1v) is 7.03. The number of nitrogens with zero attached hydrogens (tertiary/aromatic N) is 1. The van der Waals surface area contributed by atoms with Gasteiger partial charge >= 0.3 is 6.03 Å². The van der Waals surface area contributed by atoms with Crippen LogP contribution >= 0.6 is 0 Å². The molecule has 7 heteroatoms. The molecule has 2 saturated heterocycles. The van der Waals surface area contributed by atoms with Crippen molar-refractivity contribution in [3.8, 4) is 0 Å². The average molecular weight is 291 g/mol. The van der Waals surface area contributed by atoms with E-state index in [9.17, 15) is 14.4 Å². The van der Waals surface area contributed by atoms with Gasteiger partial charge in [-0.05, 0) is 25.0 Å². The third kappa shape index (κ3) is 2.63. The lowest BCUT2D eigenvalue weighted by atomic mass is 9.89. The summed E-state index contributed by atoms with van der Waals surface area (Å²) in [5, 5.41) is 4.91. The molecule has 1 spiro atoms. The highest BCUT2D eigenvalue weighted by atomic mass is 16.3. The van der Waals surface area contributed by atoms with Crippen molar-refractivity contribution in [2.75, 3.05) is 13.1 Å². The summed E-state index contributed by atoms with van der Waals surface area (Å²) < 4.78 is 5.20. The molecule has 0 bridgehead atoms. The monoisotopic (exact) mass is 291 g/mol. The quantitative estimate of drug-likeness (QED) is 0.789. The van der Waals surface area contributed by atoms with Gasteiger partial charge in [0, 0.05) is 19.4 Å². The minimum absolute atomic E-state index is 0.0283. The largest absolute Gasteiger partial charge is 0.469 e. The lowest BCUT2D eigenvalue weighted by molar-refractivity contribution is -0.136. The van der Waals surface area contributed by atoms with Gasteiger partial charge in [0.25, 0.3) is 5.91 Å². The van der Waals surface area contributed by atoms with Gasteiger partial charge in [-0.3, -0.25) is 14.9 Å². The van der Waals surface area contributed by atoms with Crippen LogP contribution in [0.5, 0.6) is 0 Å². The summed E-state index contributed by atoms with van der Waals surface area (Å²) in [7, 11) is 0. The molecule has 3 rings (SSSR count). The third-order valence-corrected chi connectivity index (χ3v) is 4.02. The van der Waals surface area contributed by atoms with E-state index in [4.69, 9.17) is 4.42 Å². The van der Waals surface area contributed by atoms with Crippen LogP contribution < -0.4 is 10.6 Å². The molecule has 1 aromatic heterocycles. The van der Waals surface area contributed by atoms with E-state index in [1.165, 1.54) is 0 Å². The van der Waals surface area contributed by atoms with Crippen LogP contribution in [-0.4, -0.2) is 41.4 Å². The van der Waals surface area contributed by atoms with Crippen molar-refractivity contribution in [3.05, 3.63) is 24.2 Å². The van der Waals surface area contributed by atoms with E-state index in [0.29, 0.717) is 32.2 Å². The van der Waals surface area contributed by atoms with Gasteiger partial charge in [0.1, 0.15) is 11.3 Å². The minimum atomic E-state index is -0.949. The number of carbonyl (C=O) groups is 3. The van der Waals surface area contributed by atoms with Gasteiger partial charge in [-0.25, -0.2) is 4.79 Å². The number of carbonyl (C=O) groups excluding carboxylic acids is 3. The summed E-state index contributed by atoms with van der Waals surface area (Å²) in [6, 6.07) is 3.13.